The minimum atomic E-state index is -0.251. The Bertz CT molecular complexity index is 625. The Labute approximate surface area is 131 Å². The predicted molar refractivity (Wildman–Crippen MR) is 87.4 cm³/mol. The van der Waals surface area contributed by atoms with E-state index in [1.807, 2.05) is 6.92 Å². The highest BCUT2D eigenvalue weighted by molar-refractivity contribution is 6.30. The number of hydrogen-bond acceptors (Lipinski definition) is 1. The summed E-state index contributed by atoms with van der Waals surface area (Å²) in [6.45, 7) is 6.99. The molecule has 2 aromatic rings. The van der Waals surface area contributed by atoms with E-state index in [9.17, 15) is 4.39 Å². The topological polar surface area (TPSA) is 12.0 Å². The molecular weight excluding hydrogens is 285 g/mol. The quantitative estimate of drug-likeness (QED) is 0.820. The van der Waals surface area contributed by atoms with E-state index in [4.69, 9.17) is 11.6 Å². The molecule has 1 atom stereocenters. The molecule has 0 bridgehead atoms. The summed E-state index contributed by atoms with van der Waals surface area (Å²) in [5.41, 5.74) is 4.37. The van der Waals surface area contributed by atoms with Crippen molar-refractivity contribution in [3.05, 3.63) is 69.5 Å². The molecule has 0 fully saturated rings. The lowest BCUT2D eigenvalue weighted by Crippen LogP contribution is -2.24. The molecule has 0 heterocycles. The lowest BCUT2D eigenvalue weighted by Gasteiger charge is -2.20. The molecule has 0 radical (unpaired) electrons. The fourth-order valence-electron chi connectivity index (χ4n) is 2.56. The van der Waals surface area contributed by atoms with Crippen LogP contribution in [0.3, 0.4) is 0 Å². The SMILES string of the molecule is CCNC(Cc1cc(C)ccc1C)c1ccc(Cl)cc1F. The van der Waals surface area contributed by atoms with Crippen LogP contribution in [0.25, 0.3) is 0 Å². The van der Waals surface area contributed by atoms with Gasteiger partial charge < -0.3 is 5.32 Å². The lowest BCUT2D eigenvalue weighted by atomic mass is 9.94. The molecule has 0 saturated heterocycles. The number of likely N-dealkylation sites (N-methyl/N-ethyl adjacent to an activating group) is 1. The van der Waals surface area contributed by atoms with Crippen LogP contribution >= 0.6 is 11.6 Å². The van der Waals surface area contributed by atoms with Crippen LogP contribution in [0.2, 0.25) is 5.02 Å². The van der Waals surface area contributed by atoms with Crippen LogP contribution in [0.1, 0.15) is 35.2 Å². The standard InChI is InChI=1S/C18H21ClFN/c1-4-21-18(16-8-7-15(19)11-17(16)20)10-14-9-12(2)5-6-13(14)3/h5-9,11,18,21H,4,10H2,1-3H3. The summed E-state index contributed by atoms with van der Waals surface area (Å²) < 4.78 is 14.2. The molecule has 2 rings (SSSR count). The molecular formula is C18H21ClFN. The Hall–Kier alpha value is -1.38. The van der Waals surface area contributed by atoms with Crippen molar-refractivity contribution >= 4 is 11.6 Å². The fraction of sp³-hybridized carbons (Fsp3) is 0.333. The van der Waals surface area contributed by atoms with Gasteiger partial charge in [0, 0.05) is 16.6 Å². The van der Waals surface area contributed by atoms with Crippen molar-refractivity contribution in [2.45, 2.75) is 33.2 Å². The molecule has 1 nitrogen and oxygen atoms in total. The normalized spacial score (nSPS) is 12.4. The molecule has 0 saturated carbocycles. The third-order valence-electron chi connectivity index (χ3n) is 3.72. The van der Waals surface area contributed by atoms with Gasteiger partial charge in [-0.05, 0) is 50.1 Å². The summed E-state index contributed by atoms with van der Waals surface area (Å²) in [7, 11) is 0. The van der Waals surface area contributed by atoms with E-state index < -0.39 is 0 Å². The summed E-state index contributed by atoms with van der Waals surface area (Å²) in [4.78, 5) is 0. The number of hydrogen-bond donors (Lipinski definition) is 1. The zero-order chi connectivity index (χ0) is 15.4. The van der Waals surface area contributed by atoms with Crippen molar-refractivity contribution in [1.29, 1.82) is 0 Å². The minimum absolute atomic E-state index is 0.0484. The van der Waals surface area contributed by atoms with Crippen molar-refractivity contribution in [1.82, 2.24) is 5.32 Å². The van der Waals surface area contributed by atoms with Crippen LogP contribution in [0.4, 0.5) is 4.39 Å². The van der Waals surface area contributed by atoms with Crippen molar-refractivity contribution in [3.63, 3.8) is 0 Å². The van der Waals surface area contributed by atoms with Gasteiger partial charge in [0.2, 0.25) is 0 Å². The molecule has 2 aromatic carbocycles. The first-order chi connectivity index (χ1) is 10.0. The van der Waals surface area contributed by atoms with Gasteiger partial charge in [0.1, 0.15) is 5.82 Å². The van der Waals surface area contributed by atoms with E-state index in [1.165, 1.54) is 22.8 Å². The highest BCUT2D eigenvalue weighted by Gasteiger charge is 2.16. The highest BCUT2D eigenvalue weighted by atomic mass is 35.5. The maximum absolute atomic E-state index is 14.2. The maximum Gasteiger partial charge on any atom is 0.129 e. The molecule has 112 valence electrons. The largest absolute Gasteiger partial charge is 0.310 e. The second kappa shape index (κ2) is 7.06. The van der Waals surface area contributed by atoms with Gasteiger partial charge in [0.05, 0.1) is 0 Å². The Morgan fingerprint density at radius 2 is 1.90 bits per heavy atom. The van der Waals surface area contributed by atoms with E-state index in [-0.39, 0.29) is 11.9 Å². The van der Waals surface area contributed by atoms with Crippen molar-refractivity contribution in [2.24, 2.45) is 0 Å². The lowest BCUT2D eigenvalue weighted by molar-refractivity contribution is 0.509. The van der Waals surface area contributed by atoms with Gasteiger partial charge in [-0.3, -0.25) is 0 Å². The predicted octanol–water partition coefficient (Wildman–Crippen LogP) is 4.99. The number of halogens is 2. The number of aryl methyl sites for hydroxylation is 2. The molecule has 0 aliphatic heterocycles. The third-order valence-corrected chi connectivity index (χ3v) is 3.95. The van der Waals surface area contributed by atoms with Gasteiger partial charge in [-0.1, -0.05) is 48.4 Å². The third kappa shape index (κ3) is 4.05. The number of benzene rings is 2. The molecule has 0 aliphatic rings. The molecule has 1 unspecified atom stereocenters. The second-order valence-corrected chi connectivity index (χ2v) is 5.85. The maximum atomic E-state index is 14.2. The first-order valence-corrected chi connectivity index (χ1v) is 7.63. The Kier molecular flexibility index (Phi) is 5.38. The van der Waals surface area contributed by atoms with Gasteiger partial charge in [-0.2, -0.15) is 0 Å². The highest BCUT2D eigenvalue weighted by Crippen LogP contribution is 2.25. The number of nitrogens with one attached hydrogen (secondary N) is 1. The Morgan fingerprint density at radius 1 is 1.14 bits per heavy atom. The first-order valence-electron chi connectivity index (χ1n) is 7.25. The van der Waals surface area contributed by atoms with E-state index in [2.05, 4.69) is 37.4 Å². The number of rotatable bonds is 5. The van der Waals surface area contributed by atoms with Crippen molar-refractivity contribution in [3.8, 4) is 0 Å². The van der Waals surface area contributed by atoms with Gasteiger partial charge in [-0.25, -0.2) is 4.39 Å². The molecule has 0 amide bonds. The monoisotopic (exact) mass is 305 g/mol. The summed E-state index contributed by atoms with van der Waals surface area (Å²) in [6.07, 6.45) is 0.764. The summed E-state index contributed by atoms with van der Waals surface area (Å²) in [6, 6.07) is 11.2. The molecule has 1 N–H and O–H groups in total. The van der Waals surface area contributed by atoms with Crippen LogP contribution in [0.5, 0.6) is 0 Å². The molecule has 0 aliphatic carbocycles. The zero-order valence-corrected chi connectivity index (χ0v) is 13.5. The Morgan fingerprint density at radius 3 is 2.57 bits per heavy atom. The minimum Gasteiger partial charge on any atom is -0.310 e. The van der Waals surface area contributed by atoms with Gasteiger partial charge >= 0.3 is 0 Å². The molecule has 0 aromatic heterocycles. The second-order valence-electron chi connectivity index (χ2n) is 5.41. The van der Waals surface area contributed by atoms with E-state index >= 15 is 0 Å². The van der Waals surface area contributed by atoms with Gasteiger partial charge in [0.25, 0.3) is 0 Å². The smallest absolute Gasteiger partial charge is 0.129 e. The van der Waals surface area contributed by atoms with Gasteiger partial charge in [0.15, 0.2) is 0 Å². The van der Waals surface area contributed by atoms with Crippen LogP contribution in [0, 0.1) is 19.7 Å². The zero-order valence-electron chi connectivity index (χ0n) is 12.7. The van der Waals surface area contributed by atoms with Crippen molar-refractivity contribution < 1.29 is 4.39 Å². The average molecular weight is 306 g/mol. The van der Waals surface area contributed by atoms with Crippen LogP contribution < -0.4 is 5.32 Å². The van der Waals surface area contributed by atoms with Gasteiger partial charge in [-0.15, -0.1) is 0 Å². The molecule has 0 spiro atoms. The first kappa shape index (κ1) is 16.0. The Balaban J connectivity index is 2.32. The summed E-state index contributed by atoms with van der Waals surface area (Å²) >= 11 is 5.84. The summed E-state index contributed by atoms with van der Waals surface area (Å²) in [5.74, 6) is -0.251. The molecule has 3 heteroatoms. The van der Waals surface area contributed by atoms with Crippen LogP contribution in [0.15, 0.2) is 36.4 Å². The van der Waals surface area contributed by atoms with E-state index in [0.29, 0.717) is 10.6 Å². The van der Waals surface area contributed by atoms with Crippen molar-refractivity contribution in [2.75, 3.05) is 6.54 Å². The molecule has 21 heavy (non-hydrogen) atoms. The van der Waals surface area contributed by atoms with Crippen LogP contribution in [-0.4, -0.2) is 6.54 Å². The average Bonchev–Trinajstić information content (AvgIpc) is 2.42. The summed E-state index contributed by atoms with van der Waals surface area (Å²) in [5, 5.41) is 3.80. The van der Waals surface area contributed by atoms with E-state index in [1.54, 1.807) is 12.1 Å². The van der Waals surface area contributed by atoms with Crippen LogP contribution in [-0.2, 0) is 6.42 Å². The van der Waals surface area contributed by atoms with E-state index in [0.717, 1.165) is 13.0 Å². The fourth-order valence-corrected chi connectivity index (χ4v) is 2.72.